The molecule has 0 radical (unpaired) electrons. The Hall–Kier alpha value is 0.0300. The van der Waals surface area contributed by atoms with Crippen LogP contribution in [-0.4, -0.2) is 49.8 Å². The van der Waals surface area contributed by atoms with E-state index >= 15 is 0 Å². The molecule has 2 unspecified atom stereocenters. The van der Waals surface area contributed by atoms with Crippen LogP contribution in [0.3, 0.4) is 0 Å². The summed E-state index contributed by atoms with van der Waals surface area (Å²) in [5.74, 6) is 1.07. The van der Waals surface area contributed by atoms with Gasteiger partial charge in [-0.1, -0.05) is 0 Å². The lowest BCUT2D eigenvalue weighted by Crippen LogP contribution is -2.45. The normalized spacial score (nSPS) is 22.0. The van der Waals surface area contributed by atoms with Crippen molar-refractivity contribution < 1.29 is 9.53 Å². The average molecular weight is 269 g/mol. The predicted octanol–water partition coefficient (Wildman–Crippen LogP) is 0.654. The van der Waals surface area contributed by atoms with Crippen molar-refractivity contribution in [3.63, 3.8) is 0 Å². The molecule has 1 fully saturated rings. The standard InChI is InChI=1S/C10H20N2O2S.ClH/c1-8(7-15-2)12-10(13)5-9-6-14-4-3-11-9;/h8-9,11H,3-7H2,1-2H3,(H,12,13);1H. The number of morpholine rings is 1. The van der Waals surface area contributed by atoms with Crippen molar-refractivity contribution in [2.75, 3.05) is 31.8 Å². The summed E-state index contributed by atoms with van der Waals surface area (Å²) in [5, 5.41) is 6.24. The van der Waals surface area contributed by atoms with Gasteiger partial charge >= 0.3 is 0 Å². The van der Waals surface area contributed by atoms with Crippen LogP contribution in [0.25, 0.3) is 0 Å². The Morgan fingerprint density at radius 3 is 3.00 bits per heavy atom. The fourth-order valence-corrected chi connectivity index (χ4v) is 2.18. The smallest absolute Gasteiger partial charge is 0.221 e. The number of ether oxygens (including phenoxy) is 1. The fraction of sp³-hybridized carbons (Fsp3) is 0.900. The topological polar surface area (TPSA) is 50.4 Å². The minimum Gasteiger partial charge on any atom is -0.378 e. The van der Waals surface area contributed by atoms with E-state index in [2.05, 4.69) is 10.6 Å². The molecule has 0 bridgehead atoms. The number of thioether (sulfide) groups is 1. The van der Waals surface area contributed by atoms with Crippen molar-refractivity contribution in [3.05, 3.63) is 0 Å². The molecule has 1 rings (SSSR count). The van der Waals surface area contributed by atoms with Gasteiger partial charge in [-0.05, 0) is 13.2 Å². The molecule has 2 atom stereocenters. The van der Waals surface area contributed by atoms with Gasteiger partial charge in [0, 0.05) is 30.8 Å². The van der Waals surface area contributed by atoms with Gasteiger partial charge in [0.15, 0.2) is 0 Å². The second-order valence-corrected chi connectivity index (χ2v) is 4.76. The number of halogens is 1. The Morgan fingerprint density at radius 1 is 1.69 bits per heavy atom. The molecule has 0 aromatic carbocycles. The average Bonchev–Trinajstić information content (AvgIpc) is 2.19. The number of hydrogen-bond acceptors (Lipinski definition) is 4. The molecule has 2 N–H and O–H groups in total. The quantitative estimate of drug-likeness (QED) is 0.769. The molecular formula is C10H21ClN2O2S. The second kappa shape index (κ2) is 9.10. The Morgan fingerprint density at radius 2 is 2.44 bits per heavy atom. The molecule has 1 saturated heterocycles. The van der Waals surface area contributed by atoms with Gasteiger partial charge in [0.25, 0.3) is 0 Å². The maximum absolute atomic E-state index is 11.6. The van der Waals surface area contributed by atoms with E-state index in [0.29, 0.717) is 13.0 Å². The van der Waals surface area contributed by atoms with Crippen molar-refractivity contribution in [2.24, 2.45) is 0 Å². The molecule has 1 aliphatic heterocycles. The van der Waals surface area contributed by atoms with Crippen LogP contribution >= 0.6 is 24.2 Å². The third-order valence-corrected chi connectivity index (χ3v) is 3.09. The van der Waals surface area contributed by atoms with Crippen LogP contribution in [0.5, 0.6) is 0 Å². The highest BCUT2D eigenvalue weighted by Crippen LogP contribution is 2.00. The zero-order chi connectivity index (χ0) is 11.1. The third kappa shape index (κ3) is 6.58. The molecule has 6 heteroatoms. The number of rotatable bonds is 5. The highest BCUT2D eigenvalue weighted by Gasteiger charge is 2.17. The summed E-state index contributed by atoms with van der Waals surface area (Å²) in [5.41, 5.74) is 0. The Bertz CT molecular complexity index is 201. The van der Waals surface area contributed by atoms with E-state index in [1.165, 1.54) is 0 Å². The monoisotopic (exact) mass is 268 g/mol. The first kappa shape index (κ1) is 16.0. The Kier molecular flexibility index (Phi) is 9.12. The number of amides is 1. The minimum atomic E-state index is 0. The van der Waals surface area contributed by atoms with Crippen molar-refractivity contribution >= 4 is 30.1 Å². The SMILES string of the molecule is CSCC(C)NC(=O)CC1COCCN1.Cl. The largest absolute Gasteiger partial charge is 0.378 e. The summed E-state index contributed by atoms with van der Waals surface area (Å²) in [6, 6.07) is 0.428. The van der Waals surface area contributed by atoms with Crippen molar-refractivity contribution in [3.8, 4) is 0 Å². The van der Waals surface area contributed by atoms with Gasteiger partial charge in [-0.25, -0.2) is 0 Å². The van der Waals surface area contributed by atoms with Crippen LogP contribution in [0.1, 0.15) is 13.3 Å². The van der Waals surface area contributed by atoms with E-state index in [9.17, 15) is 4.79 Å². The van der Waals surface area contributed by atoms with E-state index in [1.54, 1.807) is 11.8 Å². The molecule has 1 aliphatic rings. The molecule has 0 spiro atoms. The van der Waals surface area contributed by atoms with E-state index in [-0.39, 0.29) is 30.4 Å². The van der Waals surface area contributed by atoms with Crippen LogP contribution < -0.4 is 10.6 Å². The van der Waals surface area contributed by atoms with Crippen LogP contribution in [0.2, 0.25) is 0 Å². The molecule has 0 saturated carbocycles. The lowest BCUT2D eigenvalue weighted by molar-refractivity contribution is -0.122. The first-order chi connectivity index (χ1) is 7.22. The summed E-state index contributed by atoms with van der Waals surface area (Å²) >= 11 is 1.74. The maximum atomic E-state index is 11.6. The summed E-state index contributed by atoms with van der Waals surface area (Å²) < 4.78 is 5.29. The first-order valence-corrected chi connectivity index (χ1v) is 6.71. The molecule has 4 nitrogen and oxygen atoms in total. The molecule has 16 heavy (non-hydrogen) atoms. The summed E-state index contributed by atoms with van der Waals surface area (Å²) in [6.45, 7) is 4.27. The van der Waals surface area contributed by atoms with Crippen molar-refractivity contribution in [1.82, 2.24) is 10.6 Å². The lowest BCUT2D eigenvalue weighted by atomic mass is 10.2. The first-order valence-electron chi connectivity index (χ1n) is 5.31. The van der Waals surface area contributed by atoms with Gasteiger partial charge in [-0.15, -0.1) is 12.4 Å². The maximum Gasteiger partial charge on any atom is 0.221 e. The van der Waals surface area contributed by atoms with Crippen molar-refractivity contribution in [1.29, 1.82) is 0 Å². The third-order valence-electron chi connectivity index (χ3n) is 2.25. The highest BCUT2D eigenvalue weighted by molar-refractivity contribution is 7.98. The van der Waals surface area contributed by atoms with Crippen LogP contribution in [0.15, 0.2) is 0 Å². The number of nitrogens with one attached hydrogen (secondary N) is 2. The van der Waals surface area contributed by atoms with E-state index in [4.69, 9.17) is 4.74 Å². The number of carbonyl (C=O) groups is 1. The van der Waals surface area contributed by atoms with E-state index in [1.807, 2.05) is 13.2 Å². The molecule has 0 aromatic heterocycles. The van der Waals surface area contributed by atoms with Crippen molar-refractivity contribution in [2.45, 2.75) is 25.4 Å². The predicted molar refractivity (Wildman–Crippen MR) is 70.5 cm³/mol. The van der Waals surface area contributed by atoms with Gasteiger partial charge in [0.2, 0.25) is 5.91 Å². The minimum absolute atomic E-state index is 0. The van der Waals surface area contributed by atoms with Gasteiger partial charge in [-0.3, -0.25) is 4.79 Å². The van der Waals surface area contributed by atoms with Gasteiger partial charge < -0.3 is 15.4 Å². The zero-order valence-corrected chi connectivity index (χ0v) is 11.5. The highest BCUT2D eigenvalue weighted by atomic mass is 35.5. The van der Waals surface area contributed by atoms with Crippen LogP contribution in [-0.2, 0) is 9.53 Å². The van der Waals surface area contributed by atoms with E-state index in [0.717, 1.165) is 18.9 Å². The van der Waals surface area contributed by atoms with Gasteiger partial charge in [-0.2, -0.15) is 11.8 Å². The molecule has 1 heterocycles. The van der Waals surface area contributed by atoms with Crippen LogP contribution in [0, 0.1) is 0 Å². The van der Waals surface area contributed by atoms with Gasteiger partial charge in [0.1, 0.15) is 0 Å². The molecule has 96 valence electrons. The second-order valence-electron chi connectivity index (χ2n) is 3.85. The molecule has 1 amide bonds. The zero-order valence-electron chi connectivity index (χ0n) is 9.82. The molecular weight excluding hydrogens is 248 g/mol. The molecule has 0 aromatic rings. The molecule has 0 aliphatic carbocycles. The lowest BCUT2D eigenvalue weighted by Gasteiger charge is -2.24. The fourth-order valence-electron chi connectivity index (χ4n) is 1.60. The summed E-state index contributed by atoms with van der Waals surface area (Å²) in [7, 11) is 0. The Balaban J connectivity index is 0.00000225. The van der Waals surface area contributed by atoms with Gasteiger partial charge in [0.05, 0.1) is 13.2 Å². The van der Waals surface area contributed by atoms with E-state index < -0.39 is 0 Å². The summed E-state index contributed by atoms with van der Waals surface area (Å²) in [6.07, 6.45) is 2.55. The van der Waals surface area contributed by atoms with Crippen LogP contribution in [0.4, 0.5) is 0 Å². The number of carbonyl (C=O) groups excluding carboxylic acids is 1. The number of hydrogen-bond donors (Lipinski definition) is 2. The Labute approximate surface area is 108 Å². The summed E-state index contributed by atoms with van der Waals surface area (Å²) in [4.78, 5) is 11.6.